The SMILES string of the molecule is Cc1cc(N(c2ccc(C#N)cc2)c2ccc3c(c2)C(C)(C)c2ccccc2-3)ccc1-c1ccc2c(c1)C1(CC3CCC1C3)c1ccccc1-2. The topological polar surface area (TPSA) is 27.0 Å². The third kappa shape index (κ3) is 4.01. The Morgan fingerprint density at radius 3 is 1.92 bits per heavy atom. The molecule has 2 heteroatoms. The molecule has 3 unspecified atom stereocenters. The summed E-state index contributed by atoms with van der Waals surface area (Å²) in [4.78, 5) is 2.35. The van der Waals surface area contributed by atoms with Crippen molar-refractivity contribution < 1.29 is 0 Å². The maximum Gasteiger partial charge on any atom is 0.0991 e. The van der Waals surface area contributed by atoms with Gasteiger partial charge in [0.15, 0.2) is 0 Å². The third-order valence-corrected chi connectivity index (χ3v) is 12.9. The number of benzene rings is 6. The summed E-state index contributed by atoms with van der Waals surface area (Å²) >= 11 is 0. The van der Waals surface area contributed by atoms with Crippen LogP contribution < -0.4 is 4.90 Å². The molecular weight excluding hydrogens is 605 g/mol. The lowest BCUT2D eigenvalue weighted by Crippen LogP contribution is -2.31. The van der Waals surface area contributed by atoms with Gasteiger partial charge in [0.05, 0.1) is 11.6 Å². The summed E-state index contributed by atoms with van der Waals surface area (Å²) in [7, 11) is 0. The number of fused-ring (bicyclic) bond motifs is 11. The maximum atomic E-state index is 9.57. The van der Waals surface area contributed by atoms with Crippen molar-refractivity contribution in [2.24, 2.45) is 11.8 Å². The van der Waals surface area contributed by atoms with Gasteiger partial charge in [-0.2, -0.15) is 5.26 Å². The average molecular weight is 645 g/mol. The van der Waals surface area contributed by atoms with E-state index in [1.807, 2.05) is 12.1 Å². The van der Waals surface area contributed by atoms with Gasteiger partial charge >= 0.3 is 0 Å². The zero-order valence-corrected chi connectivity index (χ0v) is 29.0. The lowest BCUT2D eigenvalue weighted by Gasteiger charge is -2.36. The second-order valence-electron chi connectivity index (χ2n) is 15.8. The lowest BCUT2D eigenvalue weighted by atomic mass is 9.66. The molecule has 2 bridgehead atoms. The maximum absolute atomic E-state index is 9.57. The number of hydrogen-bond acceptors (Lipinski definition) is 2. The molecule has 0 saturated heterocycles. The van der Waals surface area contributed by atoms with Gasteiger partial charge in [-0.05, 0) is 154 Å². The van der Waals surface area contributed by atoms with Crippen LogP contribution in [0.15, 0.2) is 127 Å². The Balaban J connectivity index is 1.08. The first-order valence-electron chi connectivity index (χ1n) is 18.3. The zero-order chi connectivity index (χ0) is 33.8. The molecule has 3 atom stereocenters. The van der Waals surface area contributed by atoms with Gasteiger partial charge in [0.2, 0.25) is 0 Å². The van der Waals surface area contributed by atoms with E-state index in [2.05, 4.69) is 147 Å². The first-order valence-corrected chi connectivity index (χ1v) is 18.3. The summed E-state index contributed by atoms with van der Waals surface area (Å²) in [5, 5.41) is 9.57. The summed E-state index contributed by atoms with van der Waals surface area (Å²) in [5.41, 5.74) is 19.3. The van der Waals surface area contributed by atoms with Crippen molar-refractivity contribution in [3.8, 4) is 39.4 Å². The van der Waals surface area contributed by atoms with E-state index < -0.39 is 0 Å². The monoisotopic (exact) mass is 644 g/mol. The predicted molar refractivity (Wildman–Crippen MR) is 205 cm³/mol. The number of hydrogen-bond donors (Lipinski definition) is 0. The van der Waals surface area contributed by atoms with E-state index in [9.17, 15) is 5.26 Å². The summed E-state index contributed by atoms with van der Waals surface area (Å²) in [6.07, 6.45) is 5.43. The van der Waals surface area contributed by atoms with Crippen LogP contribution in [0.25, 0.3) is 33.4 Å². The van der Waals surface area contributed by atoms with Crippen LogP contribution in [0.2, 0.25) is 0 Å². The van der Waals surface area contributed by atoms with E-state index >= 15 is 0 Å². The number of nitrogens with zero attached hydrogens (tertiary/aromatic N) is 2. The fraction of sp³-hybridized carbons (Fsp3) is 0.229. The van der Waals surface area contributed by atoms with Crippen molar-refractivity contribution in [2.75, 3.05) is 4.90 Å². The van der Waals surface area contributed by atoms with Crippen molar-refractivity contribution in [1.82, 2.24) is 0 Å². The second kappa shape index (κ2) is 10.6. The zero-order valence-electron chi connectivity index (χ0n) is 29.0. The fourth-order valence-electron chi connectivity index (χ4n) is 10.6. The Kier molecular flexibility index (Phi) is 6.23. The molecule has 2 saturated carbocycles. The van der Waals surface area contributed by atoms with Gasteiger partial charge in [0, 0.05) is 27.9 Å². The van der Waals surface area contributed by atoms with Gasteiger partial charge in [0.25, 0.3) is 0 Å². The molecule has 0 radical (unpaired) electrons. The normalized spacial score (nSPS) is 21.4. The third-order valence-electron chi connectivity index (χ3n) is 12.9. The molecule has 0 amide bonds. The molecule has 4 aliphatic rings. The highest BCUT2D eigenvalue weighted by Crippen LogP contribution is 2.66. The quantitative estimate of drug-likeness (QED) is 0.191. The molecule has 50 heavy (non-hydrogen) atoms. The fourth-order valence-corrected chi connectivity index (χ4v) is 10.6. The first kappa shape index (κ1) is 29.5. The largest absolute Gasteiger partial charge is 0.310 e. The molecule has 0 N–H and O–H groups in total. The standard InChI is InChI=1S/C48H40N2/c1-30-24-36(19-22-38(30)33-15-21-42-40-9-5-7-11-44(40)48(46(42)26-33)28-32-12-16-34(48)25-32)50(35-17-13-31(29-49)14-18-35)37-20-23-41-39-8-4-6-10-43(39)47(2,3)45(41)27-37/h4-11,13-15,17-24,26-27,32,34H,12,16,25,28H2,1-3H3. The number of anilines is 3. The van der Waals surface area contributed by atoms with E-state index in [4.69, 9.17) is 0 Å². The molecule has 6 aromatic rings. The van der Waals surface area contributed by atoms with Crippen molar-refractivity contribution >= 4 is 17.1 Å². The predicted octanol–water partition coefficient (Wildman–Crippen LogP) is 12.4. The molecule has 4 aliphatic carbocycles. The van der Waals surface area contributed by atoms with E-state index in [0.29, 0.717) is 5.56 Å². The van der Waals surface area contributed by atoms with Crippen LogP contribution in [0.5, 0.6) is 0 Å². The molecule has 0 heterocycles. The van der Waals surface area contributed by atoms with Crippen LogP contribution in [0.1, 0.15) is 72.9 Å². The Labute approximate surface area is 295 Å². The molecule has 6 aromatic carbocycles. The van der Waals surface area contributed by atoms with Crippen LogP contribution >= 0.6 is 0 Å². The van der Waals surface area contributed by atoms with E-state index in [1.54, 1.807) is 11.1 Å². The summed E-state index contributed by atoms with van der Waals surface area (Å²) < 4.78 is 0. The Bertz CT molecular complexity index is 2410. The van der Waals surface area contributed by atoms with Crippen LogP contribution in [-0.2, 0) is 10.8 Å². The molecule has 0 aliphatic heterocycles. The minimum absolute atomic E-state index is 0.0958. The lowest BCUT2D eigenvalue weighted by molar-refractivity contribution is 0.327. The van der Waals surface area contributed by atoms with Gasteiger partial charge in [0.1, 0.15) is 0 Å². The van der Waals surface area contributed by atoms with E-state index in [-0.39, 0.29) is 10.8 Å². The molecule has 2 fully saturated rings. The Hall–Kier alpha value is -5.39. The number of aryl methyl sites for hydroxylation is 1. The second-order valence-corrected chi connectivity index (χ2v) is 15.8. The summed E-state index contributed by atoms with van der Waals surface area (Å²) in [6.45, 7) is 6.93. The van der Waals surface area contributed by atoms with Gasteiger partial charge < -0.3 is 4.90 Å². The summed E-state index contributed by atoms with van der Waals surface area (Å²) in [5.74, 6) is 1.61. The van der Waals surface area contributed by atoms with Gasteiger partial charge in [-0.25, -0.2) is 0 Å². The summed E-state index contributed by atoms with van der Waals surface area (Å²) in [6, 6.07) is 49.5. The van der Waals surface area contributed by atoms with E-state index in [1.165, 1.54) is 75.8 Å². The highest BCUT2D eigenvalue weighted by atomic mass is 15.1. The van der Waals surface area contributed by atoms with Crippen molar-refractivity contribution in [3.63, 3.8) is 0 Å². The highest BCUT2D eigenvalue weighted by molar-refractivity contribution is 5.88. The Morgan fingerprint density at radius 2 is 1.22 bits per heavy atom. The van der Waals surface area contributed by atoms with E-state index in [0.717, 1.165) is 28.9 Å². The Morgan fingerprint density at radius 1 is 0.600 bits per heavy atom. The average Bonchev–Trinajstić information content (AvgIpc) is 3.89. The number of rotatable bonds is 4. The number of nitriles is 1. The van der Waals surface area contributed by atoms with Gasteiger partial charge in [-0.3, -0.25) is 0 Å². The highest BCUT2D eigenvalue weighted by Gasteiger charge is 2.56. The van der Waals surface area contributed by atoms with Crippen LogP contribution in [-0.4, -0.2) is 0 Å². The molecule has 1 spiro atoms. The molecule has 0 aromatic heterocycles. The van der Waals surface area contributed by atoms with Crippen LogP contribution in [0.4, 0.5) is 17.1 Å². The minimum atomic E-state index is -0.0958. The van der Waals surface area contributed by atoms with Crippen LogP contribution in [0, 0.1) is 30.1 Å². The molecule has 2 nitrogen and oxygen atoms in total. The van der Waals surface area contributed by atoms with Gasteiger partial charge in [-0.15, -0.1) is 0 Å². The molecule has 10 rings (SSSR count). The van der Waals surface area contributed by atoms with Crippen LogP contribution in [0.3, 0.4) is 0 Å². The minimum Gasteiger partial charge on any atom is -0.310 e. The van der Waals surface area contributed by atoms with Crippen molar-refractivity contribution in [2.45, 2.75) is 57.3 Å². The van der Waals surface area contributed by atoms with Crippen molar-refractivity contribution in [1.29, 1.82) is 5.26 Å². The first-order chi connectivity index (χ1) is 24.4. The van der Waals surface area contributed by atoms with Crippen molar-refractivity contribution in [3.05, 3.63) is 161 Å². The molecule has 242 valence electrons. The molecular formula is C48H40N2. The van der Waals surface area contributed by atoms with Gasteiger partial charge in [-0.1, -0.05) is 93.1 Å². The smallest absolute Gasteiger partial charge is 0.0991 e.